The van der Waals surface area contributed by atoms with Crippen molar-refractivity contribution in [3.05, 3.63) is 42.5 Å². The van der Waals surface area contributed by atoms with Gasteiger partial charge in [-0.1, -0.05) is 24.8 Å². The summed E-state index contributed by atoms with van der Waals surface area (Å²) in [5, 5.41) is 9.95. The molecule has 1 N–H and O–H groups in total. The molecule has 0 spiro atoms. The lowest BCUT2D eigenvalue weighted by Crippen LogP contribution is -2.27. The minimum absolute atomic E-state index is 0.448. The van der Waals surface area contributed by atoms with Gasteiger partial charge in [0.2, 0.25) is 0 Å². The van der Waals surface area contributed by atoms with Crippen LogP contribution in [-0.2, 0) is 10.8 Å². The highest BCUT2D eigenvalue weighted by molar-refractivity contribution is 7.85. The van der Waals surface area contributed by atoms with Crippen LogP contribution in [0.15, 0.2) is 47.4 Å². The van der Waals surface area contributed by atoms with Crippen molar-refractivity contribution < 1.29 is 9.32 Å². The third kappa shape index (κ3) is 3.58. The van der Waals surface area contributed by atoms with Gasteiger partial charge in [0.05, 0.1) is 16.4 Å². The predicted molar refractivity (Wildman–Crippen MR) is 67.8 cm³/mol. The molecule has 0 bridgehead atoms. The fourth-order valence-corrected chi connectivity index (χ4v) is 2.47. The molecule has 0 aliphatic carbocycles. The van der Waals surface area contributed by atoms with Gasteiger partial charge < -0.3 is 5.11 Å². The Kier molecular flexibility index (Phi) is 4.44. The molecule has 0 aromatic heterocycles. The molecular weight excluding hydrogens is 220 g/mol. The van der Waals surface area contributed by atoms with E-state index in [0.29, 0.717) is 17.7 Å². The van der Waals surface area contributed by atoms with Crippen LogP contribution in [0.3, 0.4) is 0 Å². The van der Waals surface area contributed by atoms with Crippen LogP contribution in [0.5, 0.6) is 0 Å². The lowest BCUT2D eigenvalue weighted by Gasteiger charge is -2.23. The van der Waals surface area contributed by atoms with Gasteiger partial charge in [0.25, 0.3) is 0 Å². The number of benzene rings is 1. The topological polar surface area (TPSA) is 37.3 Å². The molecule has 0 heterocycles. The monoisotopic (exact) mass is 238 g/mol. The van der Waals surface area contributed by atoms with E-state index >= 15 is 0 Å². The molecule has 1 unspecified atom stereocenters. The summed E-state index contributed by atoms with van der Waals surface area (Å²) in [6.45, 7) is 7.22. The largest absolute Gasteiger partial charge is 0.386 e. The maximum Gasteiger partial charge on any atom is 0.0832 e. The first kappa shape index (κ1) is 13.1. The van der Waals surface area contributed by atoms with Gasteiger partial charge in [0.15, 0.2) is 0 Å². The van der Waals surface area contributed by atoms with Gasteiger partial charge in [-0.3, -0.25) is 4.21 Å². The number of rotatable bonds is 5. The Hall–Kier alpha value is -0.930. The molecule has 16 heavy (non-hydrogen) atoms. The molecule has 0 aliphatic heterocycles. The minimum Gasteiger partial charge on any atom is -0.386 e. The summed E-state index contributed by atoms with van der Waals surface area (Å²) in [6, 6.07) is 9.30. The second kappa shape index (κ2) is 5.41. The Morgan fingerprint density at radius 2 is 2.00 bits per heavy atom. The van der Waals surface area contributed by atoms with Gasteiger partial charge in [-0.15, -0.1) is 0 Å². The number of hydrogen-bond acceptors (Lipinski definition) is 2. The Labute approximate surface area is 99.5 Å². The fraction of sp³-hybridized carbons (Fsp3) is 0.385. The molecule has 3 heteroatoms. The van der Waals surface area contributed by atoms with E-state index in [1.807, 2.05) is 30.3 Å². The van der Waals surface area contributed by atoms with Crippen molar-refractivity contribution in [2.75, 3.05) is 5.75 Å². The number of hydrogen-bond donors (Lipinski definition) is 1. The Morgan fingerprint density at radius 3 is 2.50 bits per heavy atom. The van der Waals surface area contributed by atoms with Crippen molar-refractivity contribution >= 4 is 10.8 Å². The summed E-state index contributed by atoms with van der Waals surface area (Å²) < 4.78 is 11.9. The van der Waals surface area contributed by atoms with Crippen LogP contribution in [0, 0.1) is 0 Å². The smallest absolute Gasteiger partial charge is 0.0832 e. The summed E-state index contributed by atoms with van der Waals surface area (Å²) in [5.74, 6) is 0.448. The van der Waals surface area contributed by atoms with E-state index in [2.05, 4.69) is 6.58 Å². The standard InChI is InChI=1S/C13H18O2S/c1-11(2)13(3,14)9-10-16(15)12-7-5-4-6-8-12/h4-8,14H,1,9-10H2,2-3H3/t13-,16?/m1/s1. The SMILES string of the molecule is C=C(C)[C@](C)(O)CCS(=O)c1ccccc1. The molecule has 2 atom stereocenters. The first-order chi connectivity index (χ1) is 7.43. The second-order valence-electron chi connectivity index (χ2n) is 4.17. The van der Waals surface area contributed by atoms with E-state index < -0.39 is 16.4 Å². The summed E-state index contributed by atoms with van der Waals surface area (Å²) in [5.41, 5.74) is -0.220. The Bertz CT molecular complexity index is 382. The summed E-state index contributed by atoms with van der Waals surface area (Å²) in [7, 11) is -1.05. The van der Waals surface area contributed by atoms with Crippen LogP contribution in [0.1, 0.15) is 20.3 Å². The van der Waals surface area contributed by atoms with Crippen molar-refractivity contribution in [1.82, 2.24) is 0 Å². The molecule has 0 aliphatic rings. The molecule has 1 aromatic rings. The lowest BCUT2D eigenvalue weighted by atomic mass is 9.96. The molecule has 2 nitrogen and oxygen atoms in total. The molecule has 1 rings (SSSR count). The molecule has 0 radical (unpaired) electrons. The van der Waals surface area contributed by atoms with Crippen molar-refractivity contribution in [2.24, 2.45) is 0 Å². The van der Waals surface area contributed by atoms with Crippen molar-refractivity contribution in [3.63, 3.8) is 0 Å². The molecule has 1 aromatic carbocycles. The van der Waals surface area contributed by atoms with Gasteiger partial charge in [-0.05, 0) is 38.0 Å². The average molecular weight is 238 g/mol. The van der Waals surface area contributed by atoms with Crippen LogP contribution in [0.2, 0.25) is 0 Å². The van der Waals surface area contributed by atoms with Crippen LogP contribution >= 0.6 is 0 Å². The minimum atomic E-state index is -1.05. The Morgan fingerprint density at radius 1 is 1.44 bits per heavy atom. The third-order valence-electron chi connectivity index (χ3n) is 2.70. The van der Waals surface area contributed by atoms with Gasteiger partial charge in [-0.25, -0.2) is 0 Å². The zero-order valence-electron chi connectivity index (χ0n) is 9.77. The van der Waals surface area contributed by atoms with Crippen molar-refractivity contribution in [3.8, 4) is 0 Å². The first-order valence-corrected chi connectivity index (χ1v) is 6.57. The molecular formula is C13H18O2S. The summed E-state index contributed by atoms with van der Waals surface area (Å²) >= 11 is 0. The molecule has 88 valence electrons. The zero-order chi connectivity index (χ0) is 12.2. The highest BCUT2D eigenvalue weighted by atomic mass is 32.2. The quantitative estimate of drug-likeness (QED) is 0.800. The number of aliphatic hydroxyl groups is 1. The fourth-order valence-electron chi connectivity index (χ4n) is 1.19. The van der Waals surface area contributed by atoms with E-state index in [9.17, 15) is 9.32 Å². The normalized spacial score (nSPS) is 16.4. The van der Waals surface area contributed by atoms with E-state index in [-0.39, 0.29) is 0 Å². The first-order valence-electron chi connectivity index (χ1n) is 5.25. The van der Waals surface area contributed by atoms with E-state index in [0.717, 1.165) is 4.90 Å². The highest BCUT2D eigenvalue weighted by Gasteiger charge is 2.22. The van der Waals surface area contributed by atoms with E-state index in [4.69, 9.17) is 0 Å². The van der Waals surface area contributed by atoms with Crippen LogP contribution < -0.4 is 0 Å². The summed E-state index contributed by atoms with van der Waals surface area (Å²) in [4.78, 5) is 0.806. The maximum absolute atomic E-state index is 11.9. The molecule has 0 fully saturated rings. The van der Waals surface area contributed by atoms with Crippen LogP contribution in [-0.4, -0.2) is 20.7 Å². The Balaban J connectivity index is 2.58. The lowest BCUT2D eigenvalue weighted by molar-refractivity contribution is 0.0961. The van der Waals surface area contributed by atoms with E-state index in [1.54, 1.807) is 13.8 Å². The van der Waals surface area contributed by atoms with Crippen molar-refractivity contribution in [2.45, 2.75) is 30.8 Å². The molecule has 0 saturated carbocycles. The molecule has 0 amide bonds. The summed E-state index contributed by atoms with van der Waals surface area (Å²) in [6.07, 6.45) is 0.462. The zero-order valence-corrected chi connectivity index (χ0v) is 10.6. The highest BCUT2D eigenvalue weighted by Crippen LogP contribution is 2.20. The maximum atomic E-state index is 11.9. The predicted octanol–water partition coefficient (Wildman–Crippen LogP) is 2.51. The van der Waals surface area contributed by atoms with Gasteiger partial charge in [0.1, 0.15) is 0 Å². The van der Waals surface area contributed by atoms with Gasteiger partial charge in [-0.2, -0.15) is 0 Å². The van der Waals surface area contributed by atoms with Crippen LogP contribution in [0.4, 0.5) is 0 Å². The van der Waals surface area contributed by atoms with Crippen LogP contribution in [0.25, 0.3) is 0 Å². The third-order valence-corrected chi connectivity index (χ3v) is 4.07. The van der Waals surface area contributed by atoms with Gasteiger partial charge >= 0.3 is 0 Å². The molecule has 0 saturated heterocycles. The van der Waals surface area contributed by atoms with E-state index in [1.165, 1.54) is 0 Å². The van der Waals surface area contributed by atoms with Gasteiger partial charge in [0, 0.05) is 10.6 Å². The average Bonchev–Trinajstić information content (AvgIpc) is 2.27. The second-order valence-corrected chi connectivity index (χ2v) is 5.74. The van der Waals surface area contributed by atoms with Crippen molar-refractivity contribution in [1.29, 1.82) is 0 Å².